The quantitative estimate of drug-likeness (QED) is 0.907. The highest BCUT2D eigenvalue weighted by molar-refractivity contribution is 7.89. The number of halogens is 3. The molecule has 0 spiro atoms. The number of nitrogens with one attached hydrogen (secondary N) is 1. The predicted molar refractivity (Wildman–Crippen MR) is 56.5 cm³/mol. The molecule has 0 atom stereocenters. The van der Waals surface area contributed by atoms with E-state index in [1.165, 1.54) is 0 Å². The van der Waals surface area contributed by atoms with Gasteiger partial charge in [0.2, 0.25) is 10.0 Å². The van der Waals surface area contributed by atoms with Crippen LogP contribution in [0.4, 0.5) is 8.78 Å². The van der Waals surface area contributed by atoms with Crippen LogP contribution in [0.2, 0.25) is 0 Å². The van der Waals surface area contributed by atoms with Gasteiger partial charge < -0.3 is 0 Å². The van der Waals surface area contributed by atoms with Crippen molar-refractivity contribution in [2.45, 2.75) is 4.90 Å². The topological polar surface area (TPSA) is 46.2 Å². The third kappa shape index (κ3) is 3.26. The van der Waals surface area contributed by atoms with E-state index in [1.807, 2.05) is 4.72 Å². The van der Waals surface area contributed by atoms with Gasteiger partial charge in [0.25, 0.3) is 0 Å². The van der Waals surface area contributed by atoms with Gasteiger partial charge in [-0.15, -0.1) is 0 Å². The highest BCUT2D eigenvalue weighted by Gasteiger charge is 2.18. The lowest BCUT2D eigenvalue weighted by Gasteiger charge is -2.06. The molecule has 0 bridgehead atoms. The minimum atomic E-state index is -4.04. The van der Waals surface area contributed by atoms with Crippen LogP contribution in [-0.4, -0.2) is 15.0 Å². The van der Waals surface area contributed by atoms with Gasteiger partial charge in [-0.3, -0.25) is 0 Å². The van der Waals surface area contributed by atoms with E-state index in [4.69, 9.17) is 11.6 Å². The Morgan fingerprint density at radius 1 is 1.44 bits per heavy atom. The molecule has 1 N–H and O–H groups in total. The molecule has 88 valence electrons. The maximum atomic E-state index is 13.2. The second kappa shape index (κ2) is 4.90. The highest BCUT2D eigenvalue weighted by Crippen LogP contribution is 2.15. The highest BCUT2D eigenvalue weighted by atomic mass is 35.5. The first-order valence-electron chi connectivity index (χ1n) is 4.11. The van der Waals surface area contributed by atoms with Crippen molar-refractivity contribution in [1.82, 2.24) is 4.72 Å². The van der Waals surface area contributed by atoms with Gasteiger partial charge in [-0.25, -0.2) is 21.9 Å². The van der Waals surface area contributed by atoms with Gasteiger partial charge in [-0.2, -0.15) is 0 Å². The van der Waals surface area contributed by atoms with Crippen LogP contribution in [0.15, 0.2) is 34.7 Å². The first kappa shape index (κ1) is 13.1. The summed E-state index contributed by atoms with van der Waals surface area (Å²) in [6.45, 7) is 3.05. The van der Waals surface area contributed by atoms with Crippen LogP contribution in [0, 0.1) is 11.6 Å². The zero-order valence-electron chi connectivity index (χ0n) is 8.00. The number of sulfonamides is 1. The van der Waals surface area contributed by atoms with E-state index in [1.54, 1.807) is 0 Å². The molecule has 1 aromatic rings. The zero-order valence-corrected chi connectivity index (χ0v) is 9.58. The van der Waals surface area contributed by atoms with Crippen LogP contribution in [0.25, 0.3) is 0 Å². The Morgan fingerprint density at radius 3 is 2.56 bits per heavy atom. The molecule has 0 unspecified atom stereocenters. The Kier molecular flexibility index (Phi) is 4.01. The summed E-state index contributed by atoms with van der Waals surface area (Å²) in [5.74, 6) is -2.01. The molecular weight excluding hydrogens is 260 g/mol. The Labute approximate surface area is 96.8 Å². The summed E-state index contributed by atoms with van der Waals surface area (Å²) in [6, 6.07) is 2.18. The summed E-state index contributed by atoms with van der Waals surface area (Å²) >= 11 is 5.36. The summed E-state index contributed by atoms with van der Waals surface area (Å²) in [6.07, 6.45) is 0. The molecule has 3 nitrogen and oxygen atoms in total. The molecule has 0 aliphatic heterocycles. The zero-order chi connectivity index (χ0) is 12.3. The van der Waals surface area contributed by atoms with E-state index < -0.39 is 26.6 Å². The maximum absolute atomic E-state index is 13.2. The summed E-state index contributed by atoms with van der Waals surface area (Å²) in [7, 11) is -4.04. The molecule has 0 heterocycles. The fraction of sp³-hybridized carbons (Fsp3) is 0.111. The standard InChI is InChI=1S/C9H8ClF2NO2S/c1-6(10)5-13-16(14,15)9-3-2-7(11)4-8(9)12/h2-4,13H,1,5H2. The van der Waals surface area contributed by atoms with Crippen LogP contribution in [0.1, 0.15) is 0 Å². The van der Waals surface area contributed by atoms with Crippen molar-refractivity contribution in [3.05, 3.63) is 41.4 Å². The first-order chi connectivity index (χ1) is 7.33. The monoisotopic (exact) mass is 267 g/mol. The number of hydrogen-bond donors (Lipinski definition) is 1. The molecule has 0 aliphatic carbocycles. The molecule has 0 saturated carbocycles. The van der Waals surface area contributed by atoms with Gasteiger partial charge >= 0.3 is 0 Å². The molecule has 16 heavy (non-hydrogen) atoms. The predicted octanol–water partition coefficient (Wildman–Crippen LogP) is 2.00. The molecule has 0 amide bonds. The molecule has 0 aliphatic rings. The second-order valence-electron chi connectivity index (χ2n) is 2.92. The van der Waals surface area contributed by atoms with E-state index >= 15 is 0 Å². The smallest absolute Gasteiger partial charge is 0.207 e. The van der Waals surface area contributed by atoms with E-state index in [0.29, 0.717) is 6.07 Å². The largest absolute Gasteiger partial charge is 0.243 e. The summed E-state index contributed by atoms with van der Waals surface area (Å²) in [4.78, 5) is -0.633. The molecule has 0 fully saturated rings. The van der Waals surface area contributed by atoms with Crippen molar-refractivity contribution in [3.63, 3.8) is 0 Å². The minimum absolute atomic E-state index is 0.0612. The number of benzene rings is 1. The third-order valence-electron chi connectivity index (χ3n) is 1.64. The van der Waals surface area contributed by atoms with E-state index in [-0.39, 0.29) is 11.6 Å². The first-order valence-corrected chi connectivity index (χ1v) is 5.97. The number of rotatable bonds is 4. The van der Waals surface area contributed by atoms with Crippen LogP contribution in [0.3, 0.4) is 0 Å². The van der Waals surface area contributed by atoms with Gasteiger partial charge in [0.15, 0.2) is 0 Å². The Bertz CT molecular complexity index is 516. The molecule has 0 saturated heterocycles. The van der Waals surface area contributed by atoms with Crippen LogP contribution < -0.4 is 4.72 Å². The summed E-state index contributed by atoms with van der Waals surface area (Å²) in [5, 5.41) is 0.0612. The van der Waals surface area contributed by atoms with Gasteiger partial charge in [0.1, 0.15) is 16.5 Å². The van der Waals surface area contributed by atoms with E-state index in [2.05, 4.69) is 6.58 Å². The Hall–Kier alpha value is -0.980. The molecular formula is C9H8ClF2NO2S. The summed E-state index contributed by atoms with van der Waals surface area (Å²) in [5.41, 5.74) is 0. The fourth-order valence-electron chi connectivity index (χ4n) is 0.944. The third-order valence-corrected chi connectivity index (χ3v) is 3.21. The molecule has 0 aromatic heterocycles. The fourth-order valence-corrected chi connectivity index (χ4v) is 2.17. The van der Waals surface area contributed by atoms with Crippen molar-refractivity contribution in [2.75, 3.05) is 6.54 Å². The van der Waals surface area contributed by atoms with Crippen molar-refractivity contribution in [3.8, 4) is 0 Å². The average Bonchev–Trinajstić information content (AvgIpc) is 2.14. The SMILES string of the molecule is C=C(Cl)CNS(=O)(=O)c1ccc(F)cc1F. The van der Waals surface area contributed by atoms with Crippen molar-refractivity contribution < 1.29 is 17.2 Å². The Morgan fingerprint density at radius 2 is 2.06 bits per heavy atom. The number of hydrogen-bond acceptors (Lipinski definition) is 2. The minimum Gasteiger partial charge on any atom is -0.207 e. The van der Waals surface area contributed by atoms with Crippen LogP contribution >= 0.6 is 11.6 Å². The molecule has 1 rings (SSSR count). The Balaban J connectivity index is 3.03. The van der Waals surface area contributed by atoms with Crippen LogP contribution in [0.5, 0.6) is 0 Å². The lowest BCUT2D eigenvalue weighted by Crippen LogP contribution is -2.25. The van der Waals surface area contributed by atoms with Crippen molar-refractivity contribution in [2.24, 2.45) is 0 Å². The van der Waals surface area contributed by atoms with Crippen molar-refractivity contribution in [1.29, 1.82) is 0 Å². The average molecular weight is 268 g/mol. The van der Waals surface area contributed by atoms with E-state index in [9.17, 15) is 17.2 Å². The van der Waals surface area contributed by atoms with Gasteiger partial charge in [0.05, 0.1) is 0 Å². The van der Waals surface area contributed by atoms with Gasteiger partial charge in [-0.1, -0.05) is 18.2 Å². The molecule has 0 radical (unpaired) electrons. The summed E-state index contributed by atoms with van der Waals surface area (Å²) < 4.78 is 50.7. The second-order valence-corrected chi connectivity index (χ2v) is 5.19. The maximum Gasteiger partial charge on any atom is 0.243 e. The lowest BCUT2D eigenvalue weighted by molar-refractivity contribution is 0.544. The normalized spacial score (nSPS) is 11.4. The molecule has 7 heteroatoms. The van der Waals surface area contributed by atoms with Gasteiger partial charge in [0, 0.05) is 17.6 Å². The van der Waals surface area contributed by atoms with Crippen LogP contribution in [-0.2, 0) is 10.0 Å². The lowest BCUT2D eigenvalue weighted by atomic mass is 10.3. The van der Waals surface area contributed by atoms with Crippen molar-refractivity contribution >= 4 is 21.6 Å². The van der Waals surface area contributed by atoms with Gasteiger partial charge in [-0.05, 0) is 12.1 Å². The van der Waals surface area contributed by atoms with E-state index in [0.717, 1.165) is 12.1 Å². The molecule has 1 aromatic carbocycles.